The Hall–Kier alpha value is -1.36. The quantitative estimate of drug-likeness (QED) is 0.799. The first-order valence-corrected chi connectivity index (χ1v) is 9.65. The monoisotopic (exact) mass is 394 g/mol. The molecule has 1 unspecified atom stereocenters. The average molecular weight is 395 g/mol. The van der Waals surface area contributed by atoms with Crippen molar-refractivity contribution in [3.8, 4) is 0 Å². The summed E-state index contributed by atoms with van der Waals surface area (Å²) in [7, 11) is 0. The highest BCUT2D eigenvalue weighted by molar-refractivity contribution is 9.10. The predicted octanol–water partition coefficient (Wildman–Crippen LogP) is 3.68. The first-order valence-electron chi connectivity index (χ1n) is 8.86. The lowest BCUT2D eigenvalue weighted by molar-refractivity contribution is -0.136. The van der Waals surface area contributed by atoms with Gasteiger partial charge in [-0.05, 0) is 50.3 Å². The van der Waals surface area contributed by atoms with Gasteiger partial charge in [-0.3, -0.25) is 9.59 Å². The number of hydrogen-bond donors (Lipinski definition) is 1. The van der Waals surface area contributed by atoms with Gasteiger partial charge in [0.15, 0.2) is 0 Å². The van der Waals surface area contributed by atoms with Crippen LogP contribution in [0.4, 0.5) is 0 Å². The third-order valence-electron chi connectivity index (χ3n) is 4.44. The summed E-state index contributed by atoms with van der Waals surface area (Å²) < 4.78 is 1.07. The largest absolute Gasteiger partial charge is 0.352 e. The lowest BCUT2D eigenvalue weighted by Gasteiger charge is -2.25. The zero-order valence-electron chi connectivity index (χ0n) is 14.4. The molecule has 5 heteroatoms. The molecule has 0 bridgehead atoms. The first-order chi connectivity index (χ1) is 11.5. The smallest absolute Gasteiger partial charge is 0.239 e. The molecular formula is C19H27BrN2O2. The summed E-state index contributed by atoms with van der Waals surface area (Å²) in [6, 6.07) is 8.36. The summed E-state index contributed by atoms with van der Waals surface area (Å²) in [5, 5.41) is 3.02. The molecule has 4 nitrogen and oxygen atoms in total. The maximum atomic E-state index is 12.2. The normalized spacial score (nSPS) is 17.1. The molecule has 24 heavy (non-hydrogen) atoms. The SMILES string of the molecule is CC(CCc1ccc(Br)cc1)NC(=O)CN1CCCCCCC1=O. The van der Waals surface area contributed by atoms with Crippen LogP contribution in [0.5, 0.6) is 0 Å². The average Bonchev–Trinajstić information content (AvgIpc) is 2.54. The van der Waals surface area contributed by atoms with Crippen molar-refractivity contribution in [1.29, 1.82) is 0 Å². The molecule has 2 amide bonds. The molecule has 0 spiro atoms. The van der Waals surface area contributed by atoms with Crippen LogP contribution in [-0.4, -0.2) is 35.8 Å². The van der Waals surface area contributed by atoms with Gasteiger partial charge in [0.2, 0.25) is 11.8 Å². The summed E-state index contributed by atoms with van der Waals surface area (Å²) >= 11 is 3.43. The van der Waals surface area contributed by atoms with Gasteiger partial charge in [0.1, 0.15) is 0 Å². The Morgan fingerprint density at radius 3 is 2.67 bits per heavy atom. The Labute approximate surface area is 153 Å². The molecule has 132 valence electrons. The Bertz CT molecular complexity index is 545. The van der Waals surface area contributed by atoms with E-state index in [0.717, 1.165) is 43.0 Å². The zero-order valence-corrected chi connectivity index (χ0v) is 16.0. The Morgan fingerprint density at radius 1 is 1.21 bits per heavy atom. The molecule has 1 aromatic rings. The van der Waals surface area contributed by atoms with Crippen LogP contribution in [0.3, 0.4) is 0 Å². The van der Waals surface area contributed by atoms with Gasteiger partial charge in [-0.1, -0.05) is 40.9 Å². The molecule has 1 atom stereocenters. The second-order valence-corrected chi connectivity index (χ2v) is 7.53. The highest BCUT2D eigenvalue weighted by atomic mass is 79.9. The van der Waals surface area contributed by atoms with Crippen molar-refractivity contribution >= 4 is 27.7 Å². The standard InChI is InChI=1S/C19H27BrN2O2/c1-15(7-8-16-9-11-17(20)12-10-16)21-18(23)14-22-13-5-3-2-4-6-19(22)24/h9-12,15H,2-8,13-14H2,1H3,(H,21,23). The molecule has 1 fully saturated rings. The van der Waals surface area contributed by atoms with E-state index in [-0.39, 0.29) is 24.4 Å². The molecule has 1 aliphatic heterocycles. The summed E-state index contributed by atoms with van der Waals surface area (Å²) in [6.07, 6.45) is 6.61. The number of halogens is 1. The number of rotatable bonds is 6. The molecule has 0 aliphatic carbocycles. The molecule has 1 aromatic carbocycles. The molecule has 0 radical (unpaired) electrons. The zero-order chi connectivity index (χ0) is 17.4. The number of nitrogens with zero attached hydrogens (tertiary/aromatic N) is 1. The lowest BCUT2D eigenvalue weighted by Crippen LogP contribution is -2.44. The number of carbonyl (C=O) groups is 2. The minimum absolute atomic E-state index is 0.0489. The van der Waals surface area contributed by atoms with E-state index in [1.165, 1.54) is 5.56 Å². The summed E-state index contributed by atoms with van der Waals surface area (Å²) in [5.74, 6) is 0.0691. The van der Waals surface area contributed by atoms with Gasteiger partial charge in [0.05, 0.1) is 6.54 Å². The van der Waals surface area contributed by atoms with Gasteiger partial charge in [0.25, 0.3) is 0 Å². The van der Waals surface area contributed by atoms with E-state index in [4.69, 9.17) is 0 Å². The van der Waals surface area contributed by atoms with Crippen molar-refractivity contribution in [2.45, 2.75) is 57.9 Å². The van der Waals surface area contributed by atoms with Gasteiger partial charge in [0, 0.05) is 23.5 Å². The Balaban J connectivity index is 1.73. The van der Waals surface area contributed by atoms with Crippen molar-refractivity contribution in [2.75, 3.05) is 13.1 Å². The van der Waals surface area contributed by atoms with Crippen LogP contribution in [0.1, 0.15) is 51.0 Å². The van der Waals surface area contributed by atoms with Crippen LogP contribution < -0.4 is 5.32 Å². The van der Waals surface area contributed by atoms with Crippen LogP contribution >= 0.6 is 15.9 Å². The van der Waals surface area contributed by atoms with Crippen LogP contribution in [0, 0.1) is 0 Å². The number of nitrogens with one attached hydrogen (secondary N) is 1. The predicted molar refractivity (Wildman–Crippen MR) is 99.7 cm³/mol. The molecule has 0 saturated carbocycles. The molecule has 1 aliphatic rings. The van der Waals surface area contributed by atoms with E-state index in [9.17, 15) is 9.59 Å². The highest BCUT2D eigenvalue weighted by Crippen LogP contribution is 2.13. The topological polar surface area (TPSA) is 49.4 Å². The fourth-order valence-corrected chi connectivity index (χ4v) is 3.25. The van der Waals surface area contributed by atoms with Gasteiger partial charge in [-0.15, -0.1) is 0 Å². The lowest BCUT2D eigenvalue weighted by atomic mass is 10.1. The third-order valence-corrected chi connectivity index (χ3v) is 4.97. The molecule has 1 heterocycles. The van der Waals surface area contributed by atoms with E-state index in [1.807, 2.05) is 19.1 Å². The molecule has 2 rings (SSSR count). The molecule has 1 saturated heterocycles. The van der Waals surface area contributed by atoms with Crippen LogP contribution in [-0.2, 0) is 16.0 Å². The van der Waals surface area contributed by atoms with Crippen molar-refractivity contribution in [3.63, 3.8) is 0 Å². The number of aryl methyl sites for hydroxylation is 1. The van der Waals surface area contributed by atoms with Gasteiger partial charge in [-0.2, -0.15) is 0 Å². The Kier molecular flexibility index (Phi) is 7.76. The first kappa shape index (κ1) is 19.0. The summed E-state index contributed by atoms with van der Waals surface area (Å²) in [6.45, 7) is 2.92. The van der Waals surface area contributed by atoms with Crippen LogP contribution in [0.15, 0.2) is 28.7 Å². The Morgan fingerprint density at radius 2 is 1.92 bits per heavy atom. The highest BCUT2D eigenvalue weighted by Gasteiger charge is 2.19. The summed E-state index contributed by atoms with van der Waals surface area (Å²) in [5.41, 5.74) is 1.26. The van der Waals surface area contributed by atoms with Crippen molar-refractivity contribution in [3.05, 3.63) is 34.3 Å². The van der Waals surface area contributed by atoms with Crippen molar-refractivity contribution < 1.29 is 9.59 Å². The van der Waals surface area contributed by atoms with Gasteiger partial charge >= 0.3 is 0 Å². The molecular weight excluding hydrogens is 368 g/mol. The number of benzene rings is 1. The number of carbonyl (C=O) groups excluding carboxylic acids is 2. The summed E-state index contributed by atoms with van der Waals surface area (Å²) in [4.78, 5) is 26.0. The van der Waals surface area contributed by atoms with Gasteiger partial charge < -0.3 is 10.2 Å². The fraction of sp³-hybridized carbons (Fsp3) is 0.579. The van der Waals surface area contributed by atoms with E-state index in [0.29, 0.717) is 13.0 Å². The van der Waals surface area contributed by atoms with E-state index < -0.39 is 0 Å². The van der Waals surface area contributed by atoms with Crippen LogP contribution in [0.25, 0.3) is 0 Å². The van der Waals surface area contributed by atoms with E-state index >= 15 is 0 Å². The number of likely N-dealkylation sites (tertiary alicyclic amines) is 1. The molecule has 1 N–H and O–H groups in total. The third kappa shape index (κ3) is 6.63. The maximum absolute atomic E-state index is 12.2. The van der Waals surface area contributed by atoms with E-state index in [1.54, 1.807) is 4.90 Å². The van der Waals surface area contributed by atoms with Crippen LogP contribution in [0.2, 0.25) is 0 Å². The van der Waals surface area contributed by atoms with E-state index in [2.05, 4.69) is 33.4 Å². The van der Waals surface area contributed by atoms with Gasteiger partial charge in [-0.25, -0.2) is 0 Å². The second kappa shape index (κ2) is 9.82. The molecule has 0 aromatic heterocycles. The number of hydrogen-bond acceptors (Lipinski definition) is 2. The number of amides is 2. The second-order valence-electron chi connectivity index (χ2n) is 6.61. The minimum Gasteiger partial charge on any atom is -0.352 e. The maximum Gasteiger partial charge on any atom is 0.239 e. The van der Waals surface area contributed by atoms with Crippen molar-refractivity contribution in [2.24, 2.45) is 0 Å². The minimum atomic E-state index is -0.0489. The fourth-order valence-electron chi connectivity index (χ4n) is 2.98. The van der Waals surface area contributed by atoms with Crippen molar-refractivity contribution in [1.82, 2.24) is 10.2 Å².